The average Bonchev–Trinajstić information content (AvgIpc) is 2.98. The molecule has 0 unspecified atom stereocenters. The Morgan fingerprint density at radius 3 is 2.95 bits per heavy atom. The van der Waals surface area contributed by atoms with E-state index >= 15 is 0 Å². The molecule has 0 fully saturated rings. The number of hydrogen-bond acceptors (Lipinski definition) is 4. The summed E-state index contributed by atoms with van der Waals surface area (Å²) in [6, 6.07) is 10.6. The summed E-state index contributed by atoms with van der Waals surface area (Å²) in [5.74, 6) is 0.263. The highest BCUT2D eigenvalue weighted by Gasteiger charge is 2.11. The SMILES string of the molecule is O=C(NCc1ccno1)c1cc(Cl)c2ccccc2n1. The summed E-state index contributed by atoms with van der Waals surface area (Å²) in [5.41, 5.74) is 0.957. The number of amides is 1. The third-order valence-corrected chi connectivity index (χ3v) is 3.13. The second-order valence-corrected chi connectivity index (χ2v) is 4.58. The second-order valence-electron chi connectivity index (χ2n) is 4.17. The Kier molecular flexibility index (Phi) is 3.35. The molecule has 20 heavy (non-hydrogen) atoms. The van der Waals surface area contributed by atoms with Gasteiger partial charge < -0.3 is 9.84 Å². The molecule has 1 amide bonds. The number of fused-ring (bicyclic) bond motifs is 1. The van der Waals surface area contributed by atoms with Gasteiger partial charge in [0.1, 0.15) is 5.69 Å². The maximum Gasteiger partial charge on any atom is 0.270 e. The first-order valence-electron chi connectivity index (χ1n) is 5.97. The summed E-state index contributed by atoms with van der Waals surface area (Å²) in [4.78, 5) is 16.3. The Balaban J connectivity index is 1.84. The van der Waals surface area contributed by atoms with Crippen LogP contribution in [0.1, 0.15) is 16.2 Å². The fraction of sp³-hybridized carbons (Fsp3) is 0.0714. The van der Waals surface area contributed by atoms with Crippen LogP contribution in [0.3, 0.4) is 0 Å². The van der Waals surface area contributed by atoms with E-state index in [0.717, 1.165) is 5.39 Å². The Morgan fingerprint density at radius 2 is 2.15 bits per heavy atom. The minimum atomic E-state index is -0.311. The number of aromatic nitrogens is 2. The lowest BCUT2D eigenvalue weighted by Crippen LogP contribution is -2.23. The second kappa shape index (κ2) is 5.30. The molecular formula is C14H10ClN3O2. The summed E-state index contributed by atoms with van der Waals surface area (Å²) in [7, 11) is 0. The number of carbonyl (C=O) groups excluding carboxylic acids is 1. The molecule has 2 aromatic heterocycles. The zero-order valence-corrected chi connectivity index (χ0v) is 11.1. The van der Waals surface area contributed by atoms with Crippen LogP contribution in [0.25, 0.3) is 10.9 Å². The van der Waals surface area contributed by atoms with E-state index in [1.807, 2.05) is 24.3 Å². The van der Waals surface area contributed by atoms with E-state index in [1.165, 1.54) is 6.20 Å². The molecule has 2 heterocycles. The Morgan fingerprint density at radius 1 is 1.30 bits per heavy atom. The monoisotopic (exact) mass is 287 g/mol. The fourth-order valence-corrected chi connectivity index (χ4v) is 2.10. The molecule has 3 rings (SSSR count). The molecule has 3 aromatic rings. The molecular weight excluding hydrogens is 278 g/mol. The number of benzene rings is 1. The van der Waals surface area contributed by atoms with Crippen molar-refractivity contribution in [1.29, 1.82) is 0 Å². The van der Waals surface area contributed by atoms with Gasteiger partial charge in [0.2, 0.25) is 0 Å². The third kappa shape index (κ3) is 2.48. The lowest BCUT2D eigenvalue weighted by Gasteiger charge is -2.05. The van der Waals surface area contributed by atoms with Crippen molar-refractivity contribution in [2.24, 2.45) is 0 Å². The molecule has 0 aliphatic carbocycles. The predicted octanol–water partition coefficient (Wildman–Crippen LogP) is 2.81. The number of pyridine rings is 1. The first-order valence-corrected chi connectivity index (χ1v) is 6.35. The Bertz CT molecular complexity index is 756. The molecule has 0 atom stereocenters. The van der Waals surface area contributed by atoms with Gasteiger partial charge in [-0.15, -0.1) is 0 Å². The highest BCUT2D eigenvalue weighted by Crippen LogP contribution is 2.22. The molecule has 0 aliphatic heterocycles. The van der Waals surface area contributed by atoms with E-state index in [-0.39, 0.29) is 18.1 Å². The van der Waals surface area contributed by atoms with E-state index in [9.17, 15) is 4.79 Å². The number of hydrogen-bond donors (Lipinski definition) is 1. The minimum Gasteiger partial charge on any atom is -0.360 e. The molecule has 0 spiro atoms. The van der Waals surface area contributed by atoms with Gasteiger partial charge in [-0.05, 0) is 12.1 Å². The molecule has 6 heteroatoms. The molecule has 100 valence electrons. The standard InChI is InChI=1S/C14H10ClN3O2/c15-11-7-13(18-12-4-2-1-3-10(11)12)14(19)16-8-9-5-6-17-20-9/h1-7H,8H2,(H,16,19). The van der Waals surface area contributed by atoms with Crippen LogP contribution in [0.4, 0.5) is 0 Å². The summed E-state index contributed by atoms with van der Waals surface area (Å²) in [5, 5.41) is 7.59. The maximum absolute atomic E-state index is 12.0. The van der Waals surface area contributed by atoms with Crippen molar-refractivity contribution < 1.29 is 9.32 Å². The van der Waals surface area contributed by atoms with E-state index in [0.29, 0.717) is 16.3 Å². The number of halogens is 1. The Hall–Kier alpha value is -2.40. The van der Waals surface area contributed by atoms with Crippen LogP contribution >= 0.6 is 11.6 Å². The number of rotatable bonds is 3. The van der Waals surface area contributed by atoms with E-state index < -0.39 is 0 Å². The zero-order chi connectivity index (χ0) is 13.9. The number of nitrogens with zero attached hydrogens (tertiary/aromatic N) is 2. The van der Waals surface area contributed by atoms with E-state index in [4.69, 9.17) is 16.1 Å². The molecule has 1 aromatic carbocycles. The van der Waals surface area contributed by atoms with Gasteiger partial charge in [0, 0.05) is 11.5 Å². The van der Waals surface area contributed by atoms with Crippen molar-refractivity contribution in [3.05, 3.63) is 59.1 Å². The van der Waals surface area contributed by atoms with Gasteiger partial charge in [0.05, 0.1) is 23.3 Å². The van der Waals surface area contributed by atoms with Crippen molar-refractivity contribution in [3.63, 3.8) is 0 Å². The highest BCUT2D eigenvalue weighted by molar-refractivity contribution is 6.35. The first-order chi connectivity index (χ1) is 9.74. The lowest BCUT2D eigenvalue weighted by atomic mass is 10.2. The normalized spacial score (nSPS) is 10.7. The van der Waals surface area contributed by atoms with Gasteiger partial charge in [-0.25, -0.2) is 4.98 Å². The lowest BCUT2D eigenvalue weighted by molar-refractivity contribution is 0.0942. The van der Waals surface area contributed by atoms with Gasteiger partial charge in [0.25, 0.3) is 5.91 Å². The van der Waals surface area contributed by atoms with Crippen LogP contribution in [0.2, 0.25) is 5.02 Å². The van der Waals surface area contributed by atoms with Crippen molar-refractivity contribution in [2.45, 2.75) is 6.54 Å². The van der Waals surface area contributed by atoms with Crippen LogP contribution in [-0.2, 0) is 6.54 Å². The van der Waals surface area contributed by atoms with Crippen LogP contribution in [0.15, 0.2) is 47.1 Å². The van der Waals surface area contributed by atoms with Crippen LogP contribution in [0, 0.1) is 0 Å². The number of carbonyl (C=O) groups is 1. The summed E-state index contributed by atoms with van der Waals surface area (Å²) >= 11 is 6.16. The fourth-order valence-electron chi connectivity index (χ4n) is 1.84. The topological polar surface area (TPSA) is 68.0 Å². The van der Waals surface area contributed by atoms with Gasteiger partial charge in [-0.1, -0.05) is 35.0 Å². The van der Waals surface area contributed by atoms with E-state index in [2.05, 4.69) is 15.5 Å². The van der Waals surface area contributed by atoms with Crippen molar-refractivity contribution >= 4 is 28.4 Å². The number of para-hydroxylation sites is 1. The smallest absolute Gasteiger partial charge is 0.270 e. The van der Waals surface area contributed by atoms with Gasteiger partial charge in [-0.3, -0.25) is 4.79 Å². The van der Waals surface area contributed by atoms with Gasteiger partial charge in [0.15, 0.2) is 5.76 Å². The van der Waals surface area contributed by atoms with Crippen LogP contribution < -0.4 is 5.32 Å². The molecule has 0 radical (unpaired) electrons. The number of nitrogens with one attached hydrogen (secondary N) is 1. The van der Waals surface area contributed by atoms with Crippen molar-refractivity contribution in [3.8, 4) is 0 Å². The summed E-state index contributed by atoms with van der Waals surface area (Å²) < 4.78 is 4.90. The van der Waals surface area contributed by atoms with Crippen LogP contribution in [0.5, 0.6) is 0 Å². The predicted molar refractivity (Wildman–Crippen MR) is 74.4 cm³/mol. The minimum absolute atomic E-state index is 0.255. The average molecular weight is 288 g/mol. The first kappa shape index (κ1) is 12.6. The van der Waals surface area contributed by atoms with Crippen molar-refractivity contribution in [1.82, 2.24) is 15.5 Å². The molecule has 0 aliphatic rings. The van der Waals surface area contributed by atoms with Gasteiger partial charge >= 0.3 is 0 Å². The molecule has 0 saturated heterocycles. The Labute approximate surface area is 119 Å². The molecule has 0 bridgehead atoms. The third-order valence-electron chi connectivity index (χ3n) is 2.81. The van der Waals surface area contributed by atoms with Gasteiger partial charge in [-0.2, -0.15) is 0 Å². The summed E-state index contributed by atoms with van der Waals surface area (Å²) in [6.45, 7) is 0.255. The maximum atomic E-state index is 12.0. The van der Waals surface area contributed by atoms with Crippen LogP contribution in [-0.4, -0.2) is 16.0 Å². The van der Waals surface area contributed by atoms with Crippen molar-refractivity contribution in [2.75, 3.05) is 0 Å². The molecule has 0 saturated carbocycles. The van der Waals surface area contributed by atoms with E-state index in [1.54, 1.807) is 12.1 Å². The largest absolute Gasteiger partial charge is 0.360 e. The molecule has 1 N–H and O–H groups in total. The zero-order valence-electron chi connectivity index (χ0n) is 10.3. The molecule has 5 nitrogen and oxygen atoms in total. The quantitative estimate of drug-likeness (QED) is 0.804. The summed E-state index contributed by atoms with van der Waals surface area (Å²) in [6.07, 6.45) is 1.52. The highest BCUT2D eigenvalue weighted by atomic mass is 35.5.